The third-order valence-corrected chi connectivity index (χ3v) is 9.61. The average molecular weight is 630 g/mol. The summed E-state index contributed by atoms with van der Waals surface area (Å²) in [6.07, 6.45) is 0. The van der Waals surface area contributed by atoms with Crippen molar-refractivity contribution in [2.45, 2.75) is 13.8 Å². The van der Waals surface area contributed by atoms with Crippen LogP contribution in [0.1, 0.15) is 11.1 Å². The molecule has 2 aromatic heterocycles. The summed E-state index contributed by atoms with van der Waals surface area (Å²) < 4.78 is 4.91. The molecule has 0 aliphatic carbocycles. The maximum Gasteiger partial charge on any atom is 0.0788 e. The Hall–Kier alpha value is -6.32. The Kier molecular flexibility index (Phi) is 6.91. The second-order valence-corrected chi connectivity index (χ2v) is 12.8. The molecule has 0 atom stereocenters. The minimum atomic E-state index is 1.10. The van der Waals surface area contributed by atoms with Crippen molar-refractivity contribution in [3.8, 4) is 22.6 Å². The van der Waals surface area contributed by atoms with Gasteiger partial charge in [-0.3, -0.25) is 0 Å². The molecule has 0 saturated heterocycles. The largest absolute Gasteiger partial charge is 0.310 e. The minimum absolute atomic E-state index is 1.10. The molecule has 0 bridgehead atoms. The van der Waals surface area contributed by atoms with Crippen molar-refractivity contribution < 1.29 is 0 Å². The van der Waals surface area contributed by atoms with Crippen molar-refractivity contribution in [3.05, 3.63) is 187 Å². The first-order valence-electron chi connectivity index (χ1n) is 16.9. The molecule has 234 valence electrons. The summed E-state index contributed by atoms with van der Waals surface area (Å²) in [7, 11) is 0. The van der Waals surface area contributed by atoms with Gasteiger partial charge in [0, 0.05) is 44.6 Å². The number of para-hydroxylation sites is 2. The monoisotopic (exact) mass is 629 g/mol. The summed E-state index contributed by atoms with van der Waals surface area (Å²) in [5, 5.41) is 3.68. The molecule has 9 aromatic rings. The van der Waals surface area contributed by atoms with Crippen LogP contribution in [0.4, 0.5) is 17.1 Å². The normalized spacial score (nSPS) is 11.5. The van der Waals surface area contributed by atoms with Crippen molar-refractivity contribution in [3.63, 3.8) is 0 Å². The van der Waals surface area contributed by atoms with Crippen molar-refractivity contribution in [2.75, 3.05) is 4.90 Å². The van der Waals surface area contributed by atoms with Gasteiger partial charge < -0.3 is 14.0 Å². The van der Waals surface area contributed by atoms with Gasteiger partial charge in [-0.1, -0.05) is 120 Å². The number of aryl methyl sites for hydroxylation is 2. The van der Waals surface area contributed by atoms with Crippen molar-refractivity contribution in [2.24, 2.45) is 0 Å². The predicted octanol–water partition coefficient (Wildman–Crippen LogP) is 12.5. The fourth-order valence-corrected chi connectivity index (χ4v) is 7.28. The highest BCUT2D eigenvalue weighted by Crippen LogP contribution is 2.42. The van der Waals surface area contributed by atoms with Crippen molar-refractivity contribution in [1.82, 2.24) is 9.13 Å². The Morgan fingerprint density at radius 1 is 0.408 bits per heavy atom. The van der Waals surface area contributed by atoms with Crippen LogP contribution in [0.25, 0.3) is 55.3 Å². The van der Waals surface area contributed by atoms with Crippen LogP contribution in [0.3, 0.4) is 0 Å². The Morgan fingerprint density at radius 3 is 1.71 bits per heavy atom. The van der Waals surface area contributed by atoms with Crippen LogP contribution >= 0.6 is 0 Å². The lowest BCUT2D eigenvalue weighted by Crippen LogP contribution is -2.10. The first-order chi connectivity index (χ1) is 24.1. The van der Waals surface area contributed by atoms with Gasteiger partial charge in [0.15, 0.2) is 0 Å². The fourth-order valence-electron chi connectivity index (χ4n) is 7.28. The fraction of sp³-hybridized carbons (Fsp3) is 0.0435. The second-order valence-electron chi connectivity index (χ2n) is 12.8. The highest BCUT2D eigenvalue weighted by atomic mass is 15.1. The number of fused-ring (bicyclic) bond motifs is 5. The van der Waals surface area contributed by atoms with Crippen LogP contribution in [-0.4, -0.2) is 9.13 Å². The van der Waals surface area contributed by atoms with E-state index < -0.39 is 0 Å². The van der Waals surface area contributed by atoms with Gasteiger partial charge in [-0.2, -0.15) is 0 Å². The highest BCUT2D eigenvalue weighted by molar-refractivity contribution is 6.19. The number of rotatable bonds is 6. The molecule has 2 heterocycles. The Labute approximate surface area is 286 Å². The van der Waals surface area contributed by atoms with E-state index in [1.165, 1.54) is 55.1 Å². The van der Waals surface area contributed by atoms with E-state index in [2.05, 4.69) is 204 Å². The molecule has 0 unspecified atom stereocenters. The first-order valence-corrected chi connectivity index (χ1v) is 16.9. The molecular formula is C46H35N3. The first kappa shape index (κ1) is 28.9. The number of hydrogen-bond donors (Lipinski definition) is 0. The summed E-state index contributed by atoms with van der Waals surface area (Å²) in [4.78, 5) is 2.35. The lowest BCUT2D eigenvalue weighted by Gasteiger charge is -2.26. The summed E-state index contributed by atoms with van der Waals surface area (Å²) >= 11 is 0. The molecule has 7 aromatic carbocycles. The van der Waals surface area contributed by atoms with E-state index in [4.69, 9.17) is 0 Å². The zero-order valence-corrected chi connectivity index (χ0v) is 27.6. The van der Waals surface area contributed by atoms with Crippen LogP contribution in [0, 0.1) is 13.8 Å². The average Bonchev–Trinajstić information content (AvgIpc) is 3.71. The van der Waals surface area contributed by atoms with Gasteiger partial charge in [-0.05, 0) is 86.1 Å². The molecular weight excluding hydrogens is 595 g/mol. The van der Waals surface area contributed by atoms with E-state index in [1.54, 1.807) is 0 Å². The van der Waals surface area contributed by atoms with Crippen LogP contribution in [-0.2, 0) is 0 Å². The van der Waals surface area contributed by atoms with Crippen LogP contribution in [0.2, 0.25) is 0 Å². The van der Waals surface area contributed by atoms with Crippen molar-refractivity contribution in [1.29, 1.82) is 0 Å². The molecule has 0 spiro atoms. The molecule has 49 heavy (non-hydrogen) atoms. The molecule has 3 heteroatoms. The van der Waals surface area contributed by atoms with E-state index in [9.17, 15) is 0 Å². The molecule has 0 amide bonds. The minimum Gasteiger partial charge on any atom is -0.310 e. The van der Waals surface area contributed by atoms with Gasteiger partial charge in [-0.15, -0.1) is 0 Å². The molecule has 0 saturated carbocycles. The van der Waals surface area contributed by atoms with E-state index in [1.807, 2.05) is 0 Å². The van der Waals surface area contributed by atoms with Gasteiger partial charge in [0.1, 0.15) is 0 Å². The molecule has 0 N–H and O–H groups in total. The second kappa shape index (κ2) is 11.7. The molecule has 0 radical (unpaired) electrons. The predicted molar refractivity (Wildman–Crippen MR) is 207 cm³/mol. The molecule has 3 nitrogen and oxygen atoms in total. The third kappa shape index (κ3) is 4.90. The standard InChI is InChI=1S/C46H35N3/c1-32-20-25-37(26-21-32)47(38-27-22-33(2)23-28-38)39-16-11-17-40(31-39)49-43-19-10-9-18-41(43)42-29-24-35-30-44(34-12-5-3-6-13-34)48(45(35)46(42)49)36-14-7-4-8-15-36/h3-31H,1-2H3. The van der Waals surface area contributed by atoms with Gasteiger partial charge in [-0.25, -0.2) is 0 Å². The van der Waals surface area contributed by atoms with Crippen molar-refractivity contribution >= 4 is 49.8 Å². The lowest BCUT2D eigenvalue weighted by molar-refractivity contribution is 1.12. The number of benzene rings is 7. The lowest BCUT2D eigenvalue weighted by atomic mass is 10.1. The van der Waals surface area contributed by atoms with E-state index in [-0.39, 0.29) is 0 Å². The summed E-state index contributed by atoms with van der Waals surface area (Å²) in [6.45, 7) is 4.27. The smallest absolute Gasteiger partial charge is 0.0788 e. The third-order valence-electron chi connectivity index (χ3n) is 9.61. The molecule has 0 aliphatic heterocycles. The topological polar surface area (TPSA) is 13.1 Å². The summed E-state index contributed by atoms with van der Waals surface area (Å²) in [6, 6.07) is 63.8. The van der Waals surface area contributed by atoms with Gasteiger partial charge in [0.2, 0.25) is 0 Å². The molecule has 9 rings (SSSR count). The number of nitrogens with zero attached hydrogens (tertiary/aromatic N) is 3. The maximum absolute atomic E-state index is 2.47. The maximum atomic E-state index is 2.47. The zero-order valence-electron chi connectivity index (χ0n) is 27.6. The molecule has 0 aliphatic rings. The van der Waals surface area contributed by atoms with E-state index >= 15 is 0 Å². The SMILES string of the molecule is Cc1ccc(N(c2ccc(C)cc2)c2cccc(-n3c4ccccc4c4ccc5cc(-c6ccccc6)n(-c6ccccc6)c5c43)c2)cc1. The van der Waals surface area contributed by atoms with Gasteiger partial charge in [0.25, 0.3) is 0 Å². The van der Waals surface area contributed by atoms with E-state index in [0.717, 1.165) is 28.4 Å². The van der Waals surface area contributed by atoms with E-state index in [0.29, 0.717) is 0 Å². The van der Waals surface area contributed by atoms with Gasteiger partial charge >= 0.3 is 0 Å². The number of hydrogen-bond acceptors (Lipinski definition) is 1. The Morgan fingerprint density at radius 2 is 1.02 bits per heavy atom. The van der Waals surface area contributed by atoms with Crippen LogP contribution < -0.4 is 4.90 Å². The number of aromatic nitrogens is 2. The quantitative estimate of drug-likeness (QED) is 0.178. The highest BCUT2D eigenvalue weighted by Gasteiger charge is 2.22. The summed E-state index contributed by atoms with van der Waals surface area (Å²) in [5.41, 5.74) is 14.0. The van der Waals surface area contributed by atoms with Gasteiger partial charge in [0.05, 0.1) is 22.2 Å². The molecule has 0 fully saturated rings. The number of anilines is 3. The Bertz CT molecular complexity index is 2550. The Balaban J connectivity index is 1.36. The summed E-state index contributed by atoms with van der Waals surface area (Å²) in [5.74, 6) is 0. The zero-order chi connectivity index (χ0) is 32.9. The van der Waals surface area contributed by atoms with Crippen LogP contribution in [0.5, 0.6) is 0 Å². The van der Waals surface area contributed by atoms with Crippen LogP contribution in [0.15, 0.2) is 176 Å².